The summed E-state index contributed by atoms with van der Waals surface area (Å²) in [5.74, 6) is 0.342. The van der Waals surface area contributed by atoms with Gasteiger partial charge in [0.25, 0.3) is 0 Å². The molecule has 1 aromatic heterocycles. The molecule has 1 fully saturated rings. The monoisotopic (exact) mass is 352 g/mol. The lowest BCUT2D eigenvalue weighted by atomic mass is 9.96. The number of carbonyl (C=O) groups is 1. The maximum Gasteiger partial charge on any atom is 0.228 e. The number of halogens is 1. The van der Waals surface area contributed by atoms with Crippen molar-refractivity contribution in [1.82, 2.24) is 15.1 Å². The molecule has 134 valence electrons. The number of benzene rings is 2. The Morgan fingerprint density at radius 1 is 1.15 bits per heavy atom. The number of nitrogens with one attached hydrogen (secondary N) is 2. The van der Waals surface area contributed by atoms with Gasteiger partial charge in [0.15, 0.2) is 5.82 Å². The fourth-order valence-corrected chi connectivity index (χ4v) is 3.42. The molecule has 0 unspecified atom stereocenters. The normalized spacial score (nSPS) is 16.1. The zero-order valence-electron chi connectivity index (χ0n) is 14.6. The highest BCUT2D eigenvalue weighted by Crippen LogP contribution is 2.28. The van der Waals surface area contributed by atoms with Crippen LogP contribution in [0.5, 0.6) is 0 Å². The average Bonchev–Trinajstić information content (AvgIpc) is 3.05. The second-order valence-corrected chi connectivity index (χ2v) is 6.91. The lowest BCUT2D eigenvalue weighted by Crippen LogP contribution is -2.36. The van der Waals surface area contributed by atoms with E-state index in [0.717, 1.165) is 48.0 Å². The maximum absolute atomic E-state index is 13.1. The van der Waals surface area contributed by atoms with E-state index in [1.165, 1.54) is 12.1 Å². The second-order valence-electron chi connectivity index (χ2n) is 6.91. The van der Waals surface area contributed by atoms with E-state index in [1.807, 2.05) is 18.2 Å². The van der Waals surface area contributed by atoms with E-state index in [0.29, 0.717) is 5.82 Å². The van der Waals surface area contributed by atoms with Gasteiger partial charge in [-0.1, -0.05) is 18.2 Å². The highest BCUT2D eigenvalue weighted by molar-refractivity contribution is 6.01. The van der Waals surface area contributed by atoms with E-state index in [-0.39, 0.29) is 17.6 Å². The van der Waals surface area contributed by atoms with Crippen LogP contribution in [0.1, 0.15) is 12.8 Å². The zero-order chi connectivity index (χ0) is 18.1. The van der Waals surface area contributed by atoms with Crippen LogP contribution in [0.15, 0.2) is 42.5 Å². The summed E-state index contributed by atoms with van der Waals surface area (Å²) in [5.41, 5.74) is 2.73. The number of rotatable bonds is 3. The SMILES string of the molecule is CN1CCC(C(=O)Nc2n[nH]c3ccc(-c4ccc(F)cc4)cc23)CC1. The van der Waals surface area contributed by atoms with Crippen molar-refractivity contribution >= 4 is 22.6 Å². The largest absolute Gasteiger partial charge is 0.308 e. The van der Waals surface area contributed by atoms with Gasteiger partial charge in [-0.3, -0.25) is 9.89 Å². The van der Waals surface area contributed by atoms with Gasteiger partial charge in [-0.05, 0) is 68.4 Å². The van der Waals surface area contributed by atoms with Gasteiger partial charge < -0.3 is 10.2 Å². The zero-order valence-corrected chi connectivity index (χ0v) is 14.6. The summed E-state index contributed by atoms with van der Waals surface area (Å²) in [6, 6.07) is 12.2. The molecule has 4 rings (SSSR count). The van der Waals surface area contributed by atoms with E-state index < -0.39 is 0 Å². The van der Waals surface area contributed by atoms with Gasteiger partial charge in [-0.2, -0.15) is 5.10 Å². The average molecular weight is 352 g/mol. The van der Waals surface area contributed by atoms with Gasteiger partial charge in [0.2, 0.25) is 5.91 Å². The quantitative estimate of drug-likeness (QED) is 0.756. The molecule has 1 saturated heterocycles. The Labute approximate surface area is 151 Å². The van der Waals surface area contributed by atoms with Crippen molar-refractivity contribution in [3.05, 3.63) is 48.3 Å². The fourth-order valence-electron chi connectivity index (χ4n) is 3.42. The van der Waals surface area contributed by atoms with Crippen molar-refractivity contribution in [2.75, 3.05) is 25.5 Å². The summed E-state index contributed by atoms with van der Waals surface area (Å²) in [5, 5.41) is 11.1. The number of nitrogens with zero attached hydrogens (tertiary/aromatic N) is 2. The first-order chi connectivity index (χ1) is 12.6. The fraction of sp³-hybridized carbons (Fsp3) is 0.300. The molecule has 0 radical (unpaired) electrons. The Morgan fingerprint density at radius 2 is 1.85 bits per heavy atom. The molecule has 2 aromatic carbocycles. The number of aromatic amines is 1. The number of fused-ring (bicyclic) bond motifs is 1. The molecule has 0 bridgehead atoms. The van der Waals surface area contributed by atoms with E-state index in [9.17, 15) is 9.18 Å². The van der Waals surface area contributed by atoms with Crippen molar-refractivity contribution in [1.29, 1.82) is 0 Å². The molecular weight excluding hydrogens is 331 g/mol. The Morgan fingerprint density at radius 3 is 2.58 bits per heavy atom. The van der Waals surface area contributed by atoms with Crippen molar-refractivity contribution in [2.24, 2.45) is 5.92 Å². The number of likely N-dealkylation sites (tertiary alicyclic amines) is 1. The summed E-state index contributed by atoms with van der Waals surface area (Å²) in [4.78, 5) is 14.8. The van der Waals surface area contributed by atoms with Gasteiger partial charge in [0, 0.05) is 11.3 Å². The van der Waals surface area contributed by atoms with Crippen LogP contribution in [0.4, 0.5) is 10.2 Å². The first-order valence-electron chi connectivity index (χ1n) is 8.83. The third-order valence-electron chi connectivity index (χ3n) is 5.07. The molecule has 5 nitrogen and oxygen atoms in total. The minimum atomic E-state index is -0.260. The smallest absolute Gasteiger partial charge is 0.228 e. The second kappa shape index (κ2) is 6.88. The lowest BCUT2D eigenvalue weighted by Gasteiger charge is -2.27. The first-order valence-corrected chi connectivity index (χ1v) is 8.83. The summed E-state index contributed by atoms with van der Waals surface area (Å²) >= 11 is 0. The number of anilines is 1. The molecule has 6 heteroatoms. The molecule has 2 N–H and O–H groups in total. The molecule has 0 atom stereocenters. The molecule has 0 spiro atoms. The minimum Gasteiger partial charge on any atom is -0.308 e. The van der Waals surface area contributed by atoms with Crippen molar-refractivity contribution < 1.29 is 9.18 Å². The molecule has 26 heavy (non-hydrogen) atoms. The molecule has 1 aliphatic heterocycles. The molecule has 0 aliphatic carbocycles. The number of hydrogen-bond donors (Lipinski definition) is 2. The van der Waals surface area contributed by atoms with Crippen LogP contribution in [0.3, 0.4) is 0 Å². The molecule has 1 aliphatic rings. The van der Waals surface area contributed by atoms with E-state index in [4.69, 9.17) is 0 Å². The highest BCUT2D eigenvalue weighted by atomic mass is 19.1. The summed E-state index contributed by atoms with van der Waals surface area (Å²) in [7, 11) is 2.08. The molecule has 0 saturated carbocycles. The van der Waals surface area contributed by atoms with Crippen molar-refractivity contribution in [2.45, 2.75) is 12.8 Å². The van der Waals surface area contributed by atoms with Gasteiger partial charge in [0.1, 0.15) is 5.82 Å². The Balaban J connectivity index is 1.58. The Bertz CT molecular complexity index is 927. The van der Waals surface area contributed by atoms with E-state index in [1.54, 1.807) is 12.1 Å². The number of amides is 1. The third-order valence-corrected chi connectivity index (χ3v) is 5.07. The molecule has 3 aromatic rings. The maximum atomic E-state index is 13.1. The number of aromatic nitrogens is 2. The van der Waals surface area contributed by atoms with Crippen LogP contribution in [0.2, 0.25) is 0 Å². The summed E-state index contributed by atoms with van der Waals surface area (Å²) in [6.45, 7) is 1.88. The Hall–Kier alpha value is -2.73. The van der Waals surface area contributed by atoms with E-state index >= 15 is 0 Å². The first kappa shape index (κ1) is 16.7. The Kier molecular flexibility index (Phi) is 4.42. The molecular formula is C20H21FN4O. The number of hydrogen-bond acceptors (Lipinski definition) is 3. The predicted molar refractivity (Wildman–Crippen MR) is 100 cm³/mol. The van der Waals surface area contributed by atoms with Gasteiger partial charge >= 0.3 is 0 Å². The topological polar surface area (TPSA) is 61.0 Å². The molecule has 1 amide bonds. The molecule has 2 heterocycles. The predicted octanol–water partition coefficient (Wildman–Crippen LogP) is 3.65. The van der Waals surface area contributed by atoms with E-state index in [2.05, 4.69) is 27.5 Å². The highest BCUT2D eigenvalue weighted by Gasteiger charge is 2.24. The number of piperidine rings is 1. The van der Waals surface area contributed by atoms with Crippen molar-refractivity contribution in [3.8, 4) is 11.1 Å². The lowest BCUT2D eigenvalue weighted by molar-refractivity contribution is -0.121. The standard InChI is InChI=1S/C20H21FN4O/c1-25-10-8-14(9-11-25)20(26)22-19-17-12-15(4-7-18(17)23-24-19)13-2-5-16(21)6-3-13/h2-7,12,14H,8-11H2,1H3,(H2,22,23,24,26). The van der Waals surface area contributed by atoms with Gasteiger partial charge in [-0.15, -0.1) is 0 Å². The van der Waals surface area contributed by atoms with Crippen LogP contribution in [0.25, 0.3) is 22.0 Å². The van der Waals surface area contributed by atoms with Gasteiger partial charge in [-0.25, -0.2) is 4.39 Å². The van der Waals surface area contributed by atoms with Crippen LogP contribution in [0, 0.1) is 11.7 Å². The van der Waals surface area contributed by atoms with Crippen LogP contribution in [-0.4, -0.2) is 41.1 Å². The van der Waals surface area contributed by atoms with Crippen LogP contribution in [-0.2, 0) is 4.79 Å². The summed E-state index contributed by atoms with van der Waals surface area (Å²) < 4.78 is 13.1. The van der Waals surface area contributed by atoms with Crippen LogP contribution < -0.4 is 5.32 Å². The number of carbonyl (C=O) groups excluding carboxylic acids is 1. The number of H-pyrrole nitrogens is 1. The third kappa shape index (κ3) is 3.32. The summed E-state index contributed by atoms with van der Waals surface area (Å²) in [6.07, 6.45) is 1.73. The minimum absolute atomic E-state index is 0.0261. The van der Waals surface area contributed by atoms with Crippen LogP contribution >= 0.6 is 0 Å². The van der Waals surface area contributed by atoms with Crippen molar-refractivity contribution in [3.63, 3.8) is 0 Å². The van der Waals surface area contributed by atoms with Gasteiger partial charge in [0.05, 0.1) is 5.52 Å².